The average molecular weight is 382 g/mol. The number of hydrogen-bond donors (Lipinski definition) is 1. The molecule has 0 atom stereocenters. The Morgan fingerprint density at radius 3 is 2.95 bits per heavy atom. The molecule has 0 saturated heterocycles. The summed E-state index contributed by atoms with van der Waals surface area (Å²) in [5, 5.41) is 3.76. The Kier molecular flexibility index (Phi) is 3.97. The predicted molar refractivity (Wildman–Crippen MR) is 91.5 cm³/mol. The fraction of sp³-hybridized carbons (Fsp3) is 0.0667. The van der Waals surface area contributed by atoms with Crippen LogP contribution in [0.4, 0.5) is 5.13 Å². The van der Waals surface area contributed by atoms with Gasteiger partial charge in [0.1, 0.15) is 0 Å². The van der Waals surface area contributed by atoms with E-state index >= 15 is 0 Å². The van der Waals surface area contributed by atoms with Crippen molar-refractivity contribution in [3.05, 3.63) is 57.0 Å². The number of amides is 1. The molecule has 0 unspecified atom stereocenters. The fourth-order valence-electron chi connectivity index (χ4n) is 1.93. The van der Waals surface area contributed by atoms with Crippen molar-refractivity contribution in [3.63, 3.8) is 0 Å². The zero-order chi connectivity index (χ0) is 15.0. The van der Waals surface area contributed by atoms with Gasteiger partial charge in [-0.15, -0.1) is 0 Å². The molecule has 21 heavy (non-hydrogen) atoms. The molecule has 0 fully saturated rings. The van der Waals surface area contributed by atoms with E-state index in [9.17, 15) is 4.79 Å². The second kappa shape index (κ2) is 5.75. The number of thiazole rings is 1. The van der Waals surface area contributed by atoms with E-state index in [1.54, 1.807) is 18.2 Å². The molecule has 6 heteroatoms. The first-order chi connectivity index (χ1) is 10.0. The SMILES string of the molecule is Cc1ccc2nc(NC(=O)c3cccc(Br)c3Cl)sc2c1. The number of fused-ring (bicyclic) bond motifs is 1. The van der Waals surface area contributed by atoms with Crippen molar-refractivity contribution in [2.24, 2.45) is 0 Å². The first-order valence-electron chi connectivity index (χ1n) is 6.17. The topological polar surface area (TPSA) is 42.0 Å². The highest BCUT2D eigenvalue weighted by Gasteiger charge is 2.14. The Labute approximate surface area is 139 Å². The minimum absolute atomic E-state index is 0.267. The first-order valence-corrected chi connectivity index (χ1v) is 8.16. The van der Waals surface area contributed by atoms with E-state index in [2.05, 4.69) is 32.3 Å². The van der Waals surface area contributed by atoms with E-state index in [-0.39, 0.29) is 5.91 Å². The Balaban J connectivity index is 1.91. The monoisotopic (exact) mass is 380 g/mol. The second-order valence-electron chi connectivity index (χ2n) is 4.55. The number of nitrogens with one attached hydrogen (secondary N) is 1. The van der Waals surface area contributed by atoms with E-state index in [0.29, 0.717) is 20.2 Å². The molecule has 0 spiro atoms. The smallest absolute Gasteiger partial charge is 0.258 e. The highest BCUT2D eigenvalue weighted by Crippen LogP contribution is 2.29. The van der Waals surface area contributed by atoms with E-state index in [1.807, 2.05) is 19.1 Å². The quantitative estimate of drug-likeness (QED) is 0.657. The van der Waals surface area contributed by atoms with E-state index < -0.39 is 0 Å². The minimum atomic E-state index is -0.267. The Hall–Kier alpha value is -1.43. The summed E-state index contributed by atoms with van der Waals surface area (Å²) in [6.45, 7) is 2.03. The van der Waals surface area contributed by atoms with Crippen molar-refractivity contribution in [1.29, 1.82) is 0 Å². The zero-order valence-electron chi connectivity index (χ0n) is 11.0. The first kappa shape index (κ1) is 14.5. The van der Waals surface area contributed by atoms with E-state index in [0.717, 1.165) is 10.2 Å². The van der Waals surface area contributed by atoms with Crippen molar-refractivity contribution < 1.29 is 4.79 Å². The molecule has 106 valence electrons. The van der Waals surface area contributed by atoms with Crippen molar-refractivity contribution in [1.82, 2.24) is 4.98 Å². The third kappa shape index (κ3) is 2.95. The minimum Gasteiger partial charge on any atom is -0.298 e. The maximum absolute atomic E-state index is 12.3. The van der Waals surface area contributed by atoms with Crippen LogP contribution in [0.2, 0.25) is 5.02 Å². The van der Waals surface area contributed by atoms with E-state index in [1.165, 1.54) is 16.9 Å². The normalized spacial score (nSPS) is 10.8. The summed E-state index contributed by atoms with van der Waals surface area (Å²) in [6, 6.07) is 11.2. The maximum atomic E-state index is 12.3. The summed E-state index contributed by atoms with van der Waals surface area (Å²) in [5.74, 6) is -0.267. The van der Waals surface area contributed by atoms with Gasteiger partial charge in [-0.1, -0.05) is 35.1 Å². The number of carbonyl (C=O) groups is 1. The van der Waals surface area contributed by atoms with Crippen LogP contribution in [0.3, 0.4) is 0 Å². The molecule has 3 aromatic rings. The predicted octanol–water partition coefficient (Wildman–Crippen LogP) is 5.27. The third-order valence-electron chi connectivity index (χ3n) is 2.96. The van der Waals surface area contributed by atoms with E-state index in [4.69, 9.17) is 11.6 Å². The van der Waals surface area contributed by atoms with Crippen molar-refractivity contribution in [2.45, 2.75) is 6.92 Å². The highest BCUT2D eigenvalue weighted by molar-refractivity contribution is 9.10. The number of carbonyl (C=O) groups excluding carboxylic acids is 1. The van der Waals surface area contributed by atoms with Gasteiger partial charge in [0.25, 0.3) is 5.91 Å². The molecule has 1 N–H and O–H groups in total. The molecule has 0 radical (unpaired) electrons. The third-order valence-corrected chi connectivity index (χ3v) is 5.19. The standard InChI is InChI=1S/C15H10BrClN2OS/c1-8-5-6-11-12(7-8)21-15(18-11)19-14(20)9-3-2-4-10(16)13(9)17/h2-7H,1H3,(H,18,19,20). The summed E-state index contributed by atoms with van der Waals surface area (Å²) in [7, 11) is 0. The maximum Gasteiger partial charge on any atom is 0.258 e. The second-order valence-corrected chi connectivity index (χ2v) is 6.81. The molecule has 0 aliphatic carbocycles. The number of anilines is 1. The Morgan fingerprint density at radius 1 is 1.33 bits per heavy atom. The molecule has 3 rings (SSSR count). The lowest BCUT2D eigenvalue weighted by molar-refractivity contribution is 0.102. The molecule has 1 amide bonds. The summed E-state index contributed by atoms with van der Waals surface area (Å²) in [6.07, 6.45) is 0. The van der Waals surface area contributed by atoms with Crippen molar-refractivity contribution in [3.8, 4) is 0 Å². The van der Waals surface area contributed by atoms with Gasteiger partial charge in [0.05, 0.1) is 20.8 Å². The van der Waals surface area contributed by atoms with Gasteiger partial charge in [0, 0.05) is 4.47 Å². The zero-order valence-corrected chi connectivity index (χ0v) is 14.1. The summed E-state index contributed by atoms with van der Waals surface area (Å²) >= 11 is 10.9. The Morgan fingerprint density at radius 2 is 2.14 bits per heavy atom. The van der Waals surface area contributed by atoms with Crippen LogP contribution in [0, 0.1) is 6.92 Å². The average Bonchev–Trinajstić information content (AvgIpc) is 2.83. The molecular formula is C15H10BrClN2OS. The molecular weight excluding hydrogens is 372 g/mol. The van der Waals surface area contributed by atoms with Crippen LogP contribution in [0.5, 0.6) is 0 Å². The number of aryl methyl sites for hydroxylation is 1. The lowest BCUT2D eigenvalue weighted by atomic mass is 10.2. The molecule has 0 saturated carbocycles. The van der Waals surface area contributed by atoms with Crippen LogP contribution >= 0.6 is 38.9 Å². The molecule has 1 aromatic heterocycles. The van der Waals surface area contributed by atoms with Crippen LogP contribution in [-0.2, 0) is 0 Å². The lowest BCUT2D eigenvalue weighted by Crippen LogP contribution is -2.12. The fourth-order valence-corrected chi connectivity index (χ4v) is 3.47. The lowest BCUT2D eigenvalue weighted by Gasteiger charge is -2.05. The van der Waals surface area contributed by atoms with Gasteiger partial charge in [0.2, 0.25) is 0 Å². The number of halogens is 2. The van der Waals surface area contributed by atoms with Crippen LogP contribution in [0.25, 0.3) is 10.2 Å². The summed E-state index contributed by atoms with van der Waals surface area (Å²) < 4.78 is 1.74. The number of rotatable bonds is 2. The van der Waals surface area contributed by atoms with Gasteiger partial charge < -0.3 is 0 Å². The molecule has 0 aliphatic rings. The summed E-state index contributed by atoms with van der Waals surface area (Å²) in [4.78, 5) is 16.7. The summed E-state index contributed by atoms with van der Waals surface area (Å²) in [5.41, 5.74) is 2.46. The molecule has 0 bridgehead atoms. The van der Waals surface area contributed by atoms with Gasteiger partial charge in [-0.2, -0.15) is 0 Å². The Bertz CT molecular complexity index is 847. The number of benzene rings is 2. The van der Waals surface area contributed by atoms with Gasteiger partial charge in [-0.05, 0) is 52.7 Å². The van der Waals surface area contributed by atoms with Crippen LogP contribution in [0.15, 0.2) is 40.9 Å². The highest BCUT2D eigenvalue weighted by atomic mass is 79.9. The molecule has 2 aromatic carbocycles. The van der Waals surface area contributed by atoms with Crippen LogP contribution in [0.1, 0.15) is 15.9 Å². The van der Waals surface area contributed by atoms with Crippen molar-refractivity contribution in [2.75, 3.05) is 5.32 Å². The number of aromatic nitrogens is 1. The number of hydrogen-bond acceptors (Lipinski definition) is 3. The molecule has 1 heterocycles. The van der Waals surface area contributed by atoms with Gasteiger partial charge >= 0.3 is 0 Å². The van der Waals surface area contributed by atoms with Crippen LogP contribution < -0.4 is 5.32 Å². The van der Waals surface area contributed by atoms with Gasteiger partial charge in [-0.25, -0.2) is 4.98 Å². The largest absolute Gasteiger partial charge is 0.298 e. The molecule has 0 aliphatic heterocycles. The van der Waals surface area contributed by atoms with Crippen molar-refractivity contribution >= 4 is 60.1 Å². The molecule has 3 nitrogen and oxygen atoms in total. The van der Waals surface area contributed by atoms with Gasteiger partial charge in [-0.3, -0.25) is 10.1 Å². The van der Waals surface area contributed by atoms with Gasteiger partial charge in [0.15, 0.2) is 5.13 Å². The van der Waals surface area contributed by atoms with Crippen LogP contribution in [-0.4, -0.2) is 10.9 Å². The number of nitrogens with zero attached hydrogens (tertiary/aromatic N) is 1.